The Bertz CT molecular complexity index is 1540. The predicted octanol–water partition coefficient (Wildman–Crippen LogP) is 5.22. The van der Waals surface area contributed by atoms with Crippen LogP contribution in [0.1, 0.15) is 112 Å². The summed E-state index contributed by atoms with van der Waals surface area (Å²) in [5.74, 6) is -6.68. The first-order chi connectivity index (χ1) is 21.9. The molecular weight excluding hydrogens is 608 g/mol. The highest BCUT2D eigenvalue weighted by Crippen LogP contribution is 2.44. The van der Waals surface area contributed by atoms with Crippen molar-refractivity contribution < 1.29 is 31.9 Å². The monoisotopic (exact) mass is 648 g/mol. The van der Waals surface area contributed by atoms with E-state index in [1.165, 1.54) is 11.0 Å². The largest absolute Gasteiger partial charge is 0.381 e. The minimum Gasteiger partial charge on any atom is -0.381 e. The van der Waals surface area contributed by atoms with Gasteiger partial charge >= 0.3 is 0 Å². The molecule has 2 N–H and O–H groups in total. The smallest absolute Gasteiger partial charge is 0.289 e. The molecule has 2 aliphatic carbocycles. The predicted molar refractivity (Wildman–Crippen MR) is 157 cm³/mol. The number of rotatable bonds is 10. The van der Waals surface area contributed by atoms with Gasteiger partial charge in [-0.25, -0.2) is 36.7 Å². The molecule has 0 spiro atoms. The molecule has 3 fully saturated rings. The van der Waals surface area contributed by atoms with Crippen molar-refractivity contribution in [3.63, 3.8) is 0 Å². The van der Waals surface area contributed by atoms with Crippen LogP contribution in [-0.2, 0) is 9.53 Å². The SMILES string of the molecule is CC(C)n1ncnc1C(=O)N[C@H](c1cn2ncc([C@H](NC(=O)CC3CC(F)(F)C3)C3CCOCC3)cc2n1)C1CCC(F)(F)CC1. The third-order valence-corrected chi connectivity index (χ3v) is 9.53. The zero-order valence-electron chi connectivity index (χ0n) is 26.0. The minimum absolute atomic E-state index is 0.0326. The van der Waals surface area contributed by atoms with Crippen LogP contribution in [0.25, 0.3) is 5.65 Å². The van der Waals surface area contributed by atoms with Gasteiger partial charge in [0.15, 0.2) is 5.65 Å². The van der Waals surface area contributed by atoms with Gasteiger partial charge in [0.1, 0.15) is 6.33 Å². The van der Waals surface area contributed by atoms with Gasteiger partial charge < -0.3 is 15.4 Å². The summed E-state index contributed by atoms with van der Waals surface area (Å²) in [4.78, 5) is 35.4. The van der Waals surface area contributed by atoms with Crippen LogP contribution in [0.2, 0.25) is 0 Å². The van der Waals surface area contributed by atoms with Crippen LogP contribution in [0.15, 0.2) is 24.8 Å². The van der Waals surface area contributed by atoms with Gasteiger partial charge in [0, 0.05) is 51.4 Å². The fraction of sp³-hybridized carbons (Fsp3) is 0.677. The summed E-state index contributed by atoms with van der Waals surface area (Å²) in [6.45, 7) is 4.83. The Hall–Kier alpha value is -3.62. The van der Waals surface area contributed by atoms with E-state index >= 15 is 0 Å². The van der Waals surface area contributed by atoms with Gasteiger partial charge in [-0.3, -0.25) is 9.59 Å². The zero-order chi connectivity index (χ0) is 32.6. The first-order valence-corrected chi connectivity index (χ1v) is 16.1. The summed E-state index contributed by atoms with van der Waals surface area (Å²) >= 11 is 0. The Balaban J connectivity index is 1.27. The maximum atomic E-state index is 14.1. The molecule has 15 heteroatoms. The molecule has 0 bridgehead atoms. The lowest BCUT2D eigenvalue weighted by Crippen LogP contribution is -2.41. The van der Waals surface area contributed by atoms with Crippen molar-refractivity contribution in [3.05, 3.63) is 41.9 Å². The summed E-state index contributed by atoms with van der Waals surface area (Å²) in [6, 6.07) is 0.593. The van der Waals surface area contributed by atoms with Gasteiger partial charge in [-0.15, -0.1) is 0 Å². The van der Waals surface area contributed by atoms with E-state index in [1.54, 1.807) is 16.9 Å². The van der Waals surface area contributed by atoms with Gasteiger partial charge in [0.25, 0.3) is 5.91 Å². The Morgan fingerprint density at radius 1 is 0.978 bits per heavy atom. The highest BCUT2D eigenvalue weighted by Gasteiger charge is 2.46. The fourth-order valence-corrected chi connectivity index (χ4v) is 7.00. The number of nitrogens with one attached hydrogen (secondary N) is 2. The number of aromatic nitrogens is 6. The van der Waals surface area contributed by atoms with Crippen LogP contribution in [0.5, 0.6) is 0 Å². The number of ether oxygens (including phenoxy) is 1. The van der Waals surface area contributed by atoms with E-state index in [1.807, 2.05) is 19.9 Å². The summed E-state index contributed by atoms with van der Waals surface area (Å²) in [5.41, 5.74) is 1.65. The number of hydrogen-bond donors (Lipinski definition) is 2. The molecule has 11 nitrogen and oxygen atoms in total. The van der Waals surface area contributed by atoms with Crippen molar-refractivity contribution in [1.82, 2.24) is 40.0 Å². The first-order valence-electron chi connectivity index (χ1n) is 16.1. The molecule has 0 radical (unpaired) electrons. The molecule has 2 amide bonds. The molecule has 2 saturated carbocycles. The summed E-state index contributed by atoms with van der Waals surface area (Å²) < 4.78 is 63.6. The lowest BCUT2D eigenvalue weighted by atomic mass is 9.79. The second kappa shape index (κ2) is 12.9. The van der Waals surface area contributed by atoms with E-state index in [9.17, 15) is 27.2 Å². The number of alkyl halides is 4. The molecule has 46 heavy (non-hydrogen) atoms. The maximum absolute atomic E-state index is 14.1. The van der Waals surface area contributed by atoms with E-state index in [-0.39, 0.29) is 80.5 Å². The number of imidazole rings is 1. The lowest BCUT2D eigenvalue weighted by Gasteiger charge is -2.35. The van der Waals surface area contributed by atoms with Crippen molar-refractivity contribution in [2.75, 3.05) is 13.2 Å². The minimum atomic E-state index is -2.75. The number of halogens is 4. The molecule has 6 rings (SSSR count). The van der Waals surface area contributed by atoms with Crippen LogP contribution in [-0.4, -0.2) is 66.2 Å². The van der Waals surface area contributed by atoms with Crippen molar-refractivity contribution in [1.29, 1.82) is 0 Å². The van der Waals surface area contributed by atoms with E-state index in [4.69, 9.17) is 9.72 Å². The highest BCUT2D eigenvalue weighted by atomic mass is 19.3. The number of carbonyl (C=O) groups excluding carboxylic acids is 2. The number of amides is 2. The van der Waals surface area contributed by atoms with Crippen LogP contribution in [0.4, 0.5) is 17.6 Å². The first kappa shape index (κ1) is 32.3. The number of fused-ring (bicyclic) bond motifs is 1. The Labute approximate surface area is 263 Å². The van der Waals surface area contributed by atoms with Crippen LogP contribution < -0.4 is 10.6 Å². The molecule has 0 aromatic carbocycles. The zero-order valence-corrected chi connectivity index (χ0v) is 26.0. The fourth-order valence-electron chi connectivity index (χ4n) is 7.00. The standard InChI is InChI=1S/C31H40F4N8O3/c1-18(2)43-28(36-17-38-43)29(45)41-27(20-3-7-30(32,33)8-4-20)23-16-42-24(39-23)12-22(15-37-42)26(21-5-9-46-10-6-21)40-25(44)11-19-13-31(34,35)14-19/h12,15-21,26-27H,3-11,13-14H2,1-2H3,(H,40,44)(H,41,45)/t26-,27+/m1/s1. The molecule has 1 aliphatic heterocycles. The van der Waals surface area contributed by atoms with Crippen molar-refractivity contribution in [3.8, 4) is 0 Å². The van der Waals surface area contributed by atoms with Crippen LogP contribution >= 0.6 is 0 Å². The Kier molecular flexibility index (Phi) is 9.05. The summed E-state index contributed by atoms with van der Waals surface area (Å²) in [6.07, 6.45) is 5.36. The van der Waals surface area contributed by atoms with E-state index < -0.39 is 29.8 Å². The summed E-state index contributed by atoms with van der Waals surface area (Å²) in [7, 11) is 0. The second-order valence-electron chi connectivity index (χ2n) is 13.4. The Morgan fingerprint density at radius 3 is 2.35 bits per heavy atom. The molecule has 1 saturated heterocycles. The topological polar surface area (TPSA) is 128 Å². The average Bonchev–Trinajstić information content (AvgIpc) is 3.66. The van der Waals surface area contributed by atoms with Gasteiger partial charge in [0.2, 0.25) is 23.6 Å². The van der Waals surface area contributed by atoms with Crippen molar-refractivity contribution in [2.45, 2.75) is 102 Å². The van der Waals surface area contributed by atoms with Gasteiger partial charge in [-0.05, 0) is 68.9 Å². The number of hydrogen-bond acceptors (Lipinski definition) is 7. The lowest BCUT2D eigenvalue weighted by molar-refractivity contribution is -0.134. The third-order valence-electron chi connectivity index (χ3n) is 9.53. The van der Waals surface area contributed by atoms with Crippen molar-refractivity contribution >= 4 is 17.5 Å². The quantitative estimate of drug-likeness (QED) is 0.289. The molecule has 3 aromatic heterocycles. The molecule has 3 aliphatic rings. The Morgan fingerprint density at radius 2 is 1.67 bits per heavy atom. The molecule has 0 unspecified atom stereocenters. The second-order valence-corrected chi connectivity index (χ2v) is 13.4. The van der Waals surface area contributed by atoms with Crippen LogP contribution in [0, 0.1) is 17.8 Å². The van der Waals surface area contributed by atoms with Gasteiger partial charge in [-0.1, -0.05) is 0 Å². The molecule has 3 aromatic rings. The number of carbonyl (C=O) groups is 2. The van der Waals surface area contributed by atoms with E-state index in [0.717, 1.165) is 0 Å². The highest BCUT2D eigenvalue weighted by molar-refractivity contribution is 5.91. The van der Waals surface area contributed by atoms with E-state index in [0.29, 0.717) is 43.0 Å². The normalized spacial score (nSPS) is 22.0. The summed E-state index contributed by atoms with van der Waals surface area (Å²) in [5, 5.41) is 14.8. The molecule has 250 valence electrons. The van der Waals surface area contributed by atoms with Crippen molar-refractivity contribution in [2.24, 2.45) is 17.8 Å². The average molecular weight is 649 g/mol. The number of nitrogens with zero attached hydrogens (tertiary/aromatic N) is 6. The third kappa shape index (κ3) is 7.18. The van der Waals surface area contributed by atoms with Gasteiger partial charge in [0.05, 0.1) is 30.2 Å². The molecular formula is C31H40F4N8O3. The molecule has 2 atom stereocenters. The molecule has 4 heterocycles. The van der Waals surface area contributed by atoms with Crippen LogP contribution in [0.3, 0.4) is 0 Å². The maximum Gasteiger partial charge on any atom is 0.289 e. The van der Waals surface area contributed by atoms with Gasteiger partial charge in [-0.2, -0.15) is 10.2 Å². The van der Waals surface area contributed by atoms with E-state index in [2.05, 4.69) is 25.8 Å².